The molecular formula is C17H19N3O8S2. The summed E-state index contributed by atoms with van der Waals surface area (Å²) in [5, 5.41) is 4.68. The third-order valence-electron chi connectivity index (χ3n) is 4.67. The van der Waals surface area contributed by atoms with Crippen molar-refractivity contribution < 1.29 is 35.5 Å². The maximum atomic E-state index is 12.3. The number of anilines is 1. The van der Waals surface area contributed by atoms with E-state index < -0.39 is 53.4 Å². The molecule has 0 spiro atoms. The molecule has 0 saturated carbocycles. The van der Waals surface area contributed by atoms with Crippen molar-refractivity contribution in [2.24, 2.45) is 5.73 Å². The van der Waals surface area contributed by atoms with Crippen LogP contribution in [-0.4, -0.2) is 50.3 Å². The molecule has 0 fully saturated rings. The number of carbonyl (C=O) groups is 2. The minimum Gasteiger partial charge on any atom is -0.382 e. The molecule has 30 heavy (non-hydrogen) atoms. The summed E-state index contributed by atoms with van der Waals surface area (Å²) in [4.78, 5) is 23.2. The van der Waals surface area contributed by atoms with Crippen molar-refractivity contribution in [3.63, 3.8) is 0 Å². The summed E-state index contributed by atoms with van der Waals surface area (Å²) in [7, 11) is -9.71. The molecule has 2 aromatic rings. The summed E-state index contributed by atoms with van der Waals surface area (Å²) in [5.74, 6) is -1.93. The molecule has 1 aliphatic rings. The number of nitrogens with one attached hydrogen (secondary N) is 2. The van der Waals surface area contributed by atoms with Crippen molar-refractivity contribution >= 4 is 48.5 Å². The number of imide groups is 1. The number of carbonyl (C=O) groups excluding carboxylic acids is 2. The lowest BCUT2D eigenvalue weighted by molar-refractivity contribution is 0.0878. The highest BCUT2D eigenvalue weighted by Crippen LogP contribution is 2.40. The predicted octanol–water partition coefficient (Wildman–Crippen LogP) is 0.756. The lowest BCUT2D eigenvalue weighted by Crippen LogP contribution is -2.29. The Morgan fingerprint density at radius 3 is 2.23 bits per heavy atom. The van der Waals surface area contributed by atoms with Gasteiger partial charge in [-0.05, 0) is 23.9 Å². The molecule has 2 amide bonds. The normalized spacial score (nSPS) is 15.2. The maximum absolute atomic E-state index is 12.3. The summed E-state index contributed by atoms with van der Waals surface area (Å²) in [6.07, 6.45) is 1.31. The van der Waals surface area contributed by atoms with Gasteiger partial charge in [0, 0.05) is 18.0 Å². The predicted molar refractivity (Wildman–Crippen MR) is 107 cm³/mol. The number of nitrogens with two attached hydrogens (primary N) is 1. The van der Waals surface area contributed by atoms with Gasteiger partial charge in [0.1, 0.15) is 4.90 Å². The van der Waals surface area contributed by atoms with Gasteiger partial charge in [0.2, 0.25) is 0 Å². The van der Waals surface area contributed by atoms with Crippen molar-refractivity contribution in [3.8, 4) is 0 Å². The molecule has 162 valence electrons. The van der Waals surface area contributed by atoms with Crippen LogP contribution in [0.15, 0.2) is 28.0 Å². The maximum Gasteiger partial charge on any atom is 0.297 e. The molecule has 6 N–H and O–H groups in total. The molecular weight excluding hydrogens is 438 g/mol. The second kappa shape index (κ2) is 7.59. The lowest BCUT2D eigenvalue weighted by Gasteiger charge is -2.19. The first-order chi connectivity index (χ1) is 13.9. The van der Waals surface area contributed by atoms with E-state index in [2.05, 4.69) is 5.32 Å². The van der Waals surface area contributed by atoms with Gasteiger partial charge < -0.3 is 11.1 Å². The quantitative estimate of drug-likeness (QED) is 0.293. The van der Waals surface area contributed by atoms with Crippen LogP contribution in [0.2, 0.25) is 0 Å². The topological polar surface area (TPSA) is 193 Å². The smallest absolute Gasteiger partial charge is 0.297 e. The molecule has 1 unspecified atom stereocenters. The number of hydrogen-bond acceptors (Lipinski definition) is 8. The van der Waals surface area contributed by atoms with Crippen molar-refractivity contribution in [1.82, 2.24) is 5.32 Å². The number of rotatable bonds is 7. The first-order valence-corrected chi connectivity index (χ1v) is 11.7. The molecule has 1 atom stereocenters. The van der Waals surface area contributed by atoms with Gasteiger partial charge in [-0.2, -0.15) is 16.8 Å². The highest BCUT2D eigenvalue weighted by molar-refractivity contribution is 7.86. The monoisotopic (exact) mass is 457 g/mol. The van der Waals surface area contributed by atoms with Crippen molar-refractivity contribution in [1.29, 1.82) is 0 Å². The van der Waals surface area contributed by atoms with Gasteiger partial charge in [-0.15, -0.1) is 0 Å². The van der Waals surface area contributed by atoms with E-state index in [1.165, 1.54) is 6.07 Å². The SMILES string of the molecule is CCCC(N)CNc1c(S(=O)(=O)O)c2c(c3ccc(S(=O)(=O)O)cc13)C(=O)NC2=O. The molecule has 0 aliphatic carbocycles. The van der Waals surface area contributed by atoms with Gasteiger partial charge in [0.25, 0.3) is 32.1 Å². The Labute approximate surface area is 172 Å². The summed E-state index contributed by atoms with van der Waals surface area (Å²) in [5.41, 5.74) is 4.77. The van der Waals surface area contributed by atoms with Crippen LogP contribution in [0.4, 0.5) is 5.69 Å². The van der Waals surface area contributed by atoms with Crippen LogP contribution in [0.25, 0.3) is 10.8 Å². The van der Waals surface area contributed by atoms with Gasteiger partial charge in [-0.3, -0.25) is 24.0 Å². The van der Waals surface area contributed by atoms with Crippen LogP contribution in [0.3, 0.4) is 0 Å². The Morgan fingerprint density at radius 2 is 1.67 bits per heavy atom. The lowest BCUT2D eigenvalue weighted by atomic mass is 9.98. The highest BCUT2D eigenvalue weighted by atomic mass is 32.2. The largest absolute Gasteiger partial charge is 0.382 e. The molecule has 3 rings (SSSR count). The van der Waals surface area contributed by atoms with E-state index in [0.717, 1.165) is 18.6 Å². The van der Waals surface area contributed by atoms with Gasteiger partial charge >= 0.3 is 0 Å². The Morgan fingerprint density at radius 1 is 1.03 bits per heavy atom. The average Bonchev–Trinajstić information content (AvgIpc) is 2.91. The zero-order chi connectivity index (χ0) is 22.4. The van der Waals surface area contributed by atoms with Crippen molar-refractivity contribution in [2.45, 2.75) is 35.6 Å². The van der Waals surface area contributed by atoms with E-state index in [1.54, 1.807) is 0 Å². The average molecular weight is 457 g/mol. The van der Waals surface area contributed by atoms with Crippen LogP contribution in [-0.2, 0) is 20.2 Å². The summed E-state index contributed by atoms with van der Waals surface area (Å²) in [6, 6.07) is 2.70. The summed E-state index contributed by atoms with van der Waals surface area (Å²) >= 11 is 0. The van der Waals surface area contributed by atoms with E-state index >= 15 is 0 Å². The van der Waals surface area contributed by atoms with E-state index in [1.807, 2.05) is 12.2 Å². The minimum absolute atomic E-state index is 0.0237. The van der Waals surface area contributed by atoms with Crippen LogP contribution < -0.4 is 16.4 Å². The Bertz CT molecular complexity index is 1290. The fourth-order valence-corrected chi connectivity index (χ4v) is 4.82. The Balaban J connectivity index is 2.44. The third kappa shape index (κ3) is 3.89. The third-order valence-corrected chi connectivity index (χ3v) is 6.45. The molecule has 0 radical (unpaired) electrons. The Kier molecular flexibility index (Phi) is 5.60. The van der Waals surface area contributed by atoms with E-state index in [-0.39, 0.29) is 28.6 Å². The summed E-state index contributed by atoms with van der Waals surface area (Å²) in [6.45, 7) is 1.92. The number of fused-ring (bicyclic) bond motifs is 3. The summed E-state index contributed by atoms with van der Waals surface area (Å²) < 4.78 is 66.8. The second-order valence-electron chi connectivity index (χ2n) is 6.82. The molecule has 0 aromatic heterocycles. The molecule has 0 saturated heterocycles. The molecule has 1 aliphatic heterocycles. The van der Waals surface area contributed by atoms with Crippen molar-refractivity contribution in [2.75, 3.05) is 11.9 Å². The minimum atomic E-state index is -5.04. The van der Waals surface area contributed by atoms with Crippen molar-refractivity contribution in [3.05, 3.63) is 29.3 Å². The van der Waals surface area contributed by atoms with Gasteiger partial charge in [-0.1, -0.05) is 19.4 Å². The fourth-order valence-electron chi connectivity index (χ4n) is 3.42. The van der Waals surface area contributed by atoms with Crippen LogP contribution in [0.1, 0.15) is 40.5 Å². The van der Waals surface area contributed by atoms with Crippen LogP contribution in [0.5, 0.6) is 0 Å². The van der Waals surface area contributed by atoms with Crippen LogP contribution >= 0.6 is 0 Å². The zero-order valence-electron chi connectivity index (χ0n) is 15.7. The zero-order valence-corrected chi connectivity index (χ0v) is 17.3. The van der Waals surface area contributed by atoms with E-state index in [4.69, 9.17) is 5.73 Å². The Hall–Kier alpha value is -2.58. The van der Waals surface area contributed by atoms with E-state index in [9.17, 15) is 35.5 Å². The second-order valence-corrected chi connectivity index (χ2v) is 9.60. The number of amides is 2. The number of benzene rings is 2. The first kappa shape index (κ1) is 22.1. The first-order valence-electron chi connectivity index (χ1n) is 8.80. The molecule has 1 heterocycles. The van der Waals surface area contributed by atoms with E-state index in [0.29, 0.717) is 6.42 Å². The highest BCUT2D eigenvalue weighted by Gasteiger charge is 2.38. The van der Waals surface area contributed by atoms with Gasteiger partial charge in [0.15, 0.2) is 0 Å². The van der Waals surface area contributed by atoms with Gasteiger partial charge in [0.05, 0.1) is 21.7 Å². The van der Waals surface area contributed by atoms with Gasteiger partial charge in [-0.25, -0.2) is 0 Å². The molecule has 0 bridgehead atoms. The van der Waals surface area contributed by atoms with Crippen LogP contribution in [0, 0.1) is 0 Å². The standard InChI is InChI=1S/C17H19N3O8S2/c1-2-3-8(18)7-19-14-11-6-9(29(23,24)25)4-5-10(11)12-13(15(14)30(26,27)28)17(22)20-16(12)21/h4-6,8,19H,2-3,7,18H2,1H3,(H,20,21,22)(H,23,24,25)(H,26,27,28). The molecule has 13 heteroatoms. The molecule has 2 aromatic carbocycles. The molecule has 11 nitrogen and oxygen atoms in total. The fraction of sp³-hybridized carbons (Fsp3) is 0.294. The number of hydrogen-bond donors (Lipinski definition) is 5.